The van der Waals surface area contributed by atoms with E-state index in [9.17, 15) is 4.79 Å². The van der Waals surface area contributed by atoms with E-state index in [-0.39, 0.29) is 5.97 Å². The summed E-state index contributed by atoms with van der Waals surface area (Å²) in [6.45, 7) is 9.27. The molecule has 0 atom stereocenters. The Labute approximate surface area is 180 Å². The predicted octanol–water partition coefficient (Wildman–Crippen LogP) is 5.89. The molecule has 1 heterocycles. The fourth-order valence-electron chi connectivity index (χ4n) is 4.32. The largest absolute Gasteiger partial charge is 0.456 e. The molecule has 1 fully saturated rings. The number of rotatable bonds is 6. The molecule has 1 aliphatic heterocycles. The van der Waals surface area contributed by atoms with Crippen molar-refractivity contribution in [3.8, 4) is 11.1 Å². The topological polar surface area (TPSA) is 26.3 Å². The van der Waals surface area contributed by atoms with E-state index in [0.29, 0.717) is 6.54 Å². The Morgan fingerprint density at radius 1 is 1.03 bits per heavy atom. The van der Waals surface area contributed by atoms with Gasteiger partial charge in [0.2, 0.25) is 0 Å². The minimum atomic E-state index is -0.440. The first-order valence-corrected chi connectivity index (χ1v) is 11.1. The number of quaternary nitrogens is 1. The van der Waals surface area contributed by atoms with Gasteiger partial charge in [0.15, 0.2) is 6.54 Å². The molecule has 3 nitrogen and oxygen atoms in total. The highest BCUT2D eigenvalue weighted by atomic mass is 35.5. The molecule has 2 aromatic rings. The highest BCUT2D eigenvalue weighted by molar-refractivity contribution is 6.30. The lowest BCUT2D eigenvalue weighted by Gasteiger charge is -2.41. The molecule has 0 spiro atoms. The van der Waals surface area contributed by atoms with Gasteiger partial charge in [0.05, 0.1) is 19.6 Å². The molecule has 0 aromatic heterocycles. The smallest absolute Gasteiger partial charge is 0.362 e. The van der Waals surface area contributed by atoms with E-state index >= 15 is 0 Å². The molecule has 0 unspecified atom stereocenters. The van der Waals surface area contributed by atoms with Gasteiger partial charge in [-0.1, -0.05) is 48.0 Å². The summed E-state index contributed by atoms with van der Waals surface area (Å²) in [6, 6.07) is 16.6. The molecule has 0 saturated carbocycles. The van der Waals surface area contributed by atoms with E-state index in [4.69, 9.17) is 16.3 Å². The summed E-state index contributed by atoms with van der Waals surface area (Å²) >= 11 is 6.34. The van der Waals surface area contributed by atoms with Gasteiger partial charge in [0.1, 0.15) is 5.60 Å². The lowest BCUT2D eigenvalue weighted by molar-refractivity contribution is -0.925. The average Bonchev–Trinajstić information content (AvgIpc) is 2.66. The van der Waals surface area contributed by atoms with Crippen molar-refractivity contribution < 1.29 is 14.0 Å². The third-order valence-electron chi connectivity index (χ3n) is 5.66. The molecule has 0 N–H and O–H groups in total. The minimum Gasteiger partial charge on any atom is -0.456 e. The number of ether oxygens (including phenoxy) is 1. The summed E-state index contributed by atoms with van der Waals surface area (Å²) in [4.78, 5) is 12.6. The molecule has 2 aromatic carbocycles. The third kappa shape index (κ3) is 6.32. The first-order chi connectivity index (χ1) is 13.8. The molecule has 0 bridgehead atoms. The number of hydrogen-bond acceptors (Lipinski definition) is 2. The lowest BCUT2D eigenvalue weighted by atomic mass is 9.96. The van der Waals surface area contributed by atoms with Gasteiger partial charge in [-0.3, -0.25) is 0 Å². The maximum Gasteiger partial charge on any atom is 0.362 e. The second-order valence-electron chi connectivity index (χ2n) is 9.24. The van der Waals surface area contributed by atoms with Crippen LogP contribution in [0.5, 0.6) is 0 Å². The Kier molecular flexibility index (Phi) is 7.02. The number of esters is 1. The first kappa shape index (κ1) is 21.9. The van der Waals surface area contributed by atoms with Crippen molar-refractivity contribution in [2.24, 2.45) is 0 Å². The minimum absolute atomic E-state index is 0.0891. The van der Waals surface area contributed by atoms with Crippen LogP contribution in [0.3, 0.4) is 0 Å². The quantitative estimate of drug-likeness (QED) is 0.435. The van der Waals surface area contributed by atoms with E-state index in [1.165, 1.54) is 36.0 Å². The molecular weight excluding hydrogens is 382 g/mol. The van der Waals surface area contributed by atoms with Crippen LogP contribution < -0.4 is 0 Å². The van der Waals surface area contributed by atoms with Crippen molar-refractivity contribution >= 4 is 17.6 Å². The second kappa shape index (κ2) is 9.32. The van der Waals surface area contributed by atoms with Crippen LogP contribution in [0.4, 0.5) is 0 Å². The zero-order valence-corrected chi connectivity index (χ0v) is 18.7. The lowest BCUT2D eigenvalue weighted by Crippen LogP contribution is -2.56. The van der Waals surface area contributed by atoms with E-state index in [2.05, 4.69) is 36.4 Å². The highest BCUT2D eigenvalue weighted by Gasteiger charge is 2.34. The second-order valence-corrected chi connectivity index (χ2v) is 9.67. The summed E-state index contributed by atoms with van der Waals surface area (Å²) < 4.78 is 6.47. The summed E-state index contributed by atoms with van der Waals surface area (Å²) in [5.74, 6) is -0.0891. The third-order valence-corrected chi connectivity index (χ3v) is 5.89. The Morgan fingerprint density at radius 2 is 1.72 bits per heavy atom. The number of likely N-dealkylation sites (tertiary alicyclic amines) is 1. The predicted molar refractivity (Wildman–Crippen MR) is 120 cm³/mol. The Balaban J connectivity index is 1.80. The summed E-state index contributed by atoms with van der Waals surface area (Å²) in [5.41, 5.74) is 3.24. The van der Waals surface area contributed by atoms with Crippen molar-refractivity contribution in [1.82, 2.24) is 0 Å². The highest BCUT2D eigenvalue weighted by Crippen LogP contribution is 2.29. The molecule has 3 rings (SSSR count). The molecule has 1 aliphatic rings. The van der Waals surface area contributed by atoms with Gasteiger partial charge in [0, 0.05) is 11.4 Å². The van der Waals surface area contributed by atoms with E-state index < -0.39 is 5.60 Å². The standard InChI is InChI=1S/C25H33ClNO2/c1-25(2,3)29-24(28)19-27(15-8-5-9-16-27)17-14-21-18-22(26)12-13-23(21)20-10-6-4-7-11-20/h4,6-7,10-13,18H,5,8-9,14-17,19H2,1-3H3/q+1. The molecule has 1 saturated heterocycles. The number of hydrogen-bond donors (Lipinski definition) is 0. The van der Waals surface area contributed by atoms with Crippen LogP contribution in [0.25, 0.3) is 11.1 Å². The van der Waals surface area contributed by atoms with Crippen LogP contribution in [0.2, 0.25) is 5.02 Å². The normalized spacial score (nSPS) is 16.4. The molecular formula is C25H33ClNO2+. The molecule has 0 amide bonds. The fourth-order valence-corrected chi connectivity index (χ4v) is 4.51. The Hall–Kier alpha value is -1.84. The zero-order chi connectivity index (χ0) is 20.9. The zero-order valence-electron chi connectivity index (χ0n) is 17.9. The van der Waals surface area contributed by atoms with Gasteiger partial charge < -0.3 is 9.22 Å². The molecule has 0 aliphatic carbocycles. The van der Waals surface area contributed by atoms with Crippen LogP contribution >= 0.6 is 11.6 Å². The number of nitrogens with zero attached hydrogens (tertiary/aromatic N) is 1. The van der Waals surface area contributed by atoms with Crippen LogP contribution in [-0.2, 0) is 16.0 Å². The van der Waals surface area contributed by atoms with Gasteiger partial charge in [-0.05, 0) is 68.9 Å². The molecule has 156 valence electrons. The van der Waals surface area contributed by atoms with Gasteiger partial charge >= 0.3 is 5.97 Å². The van der Waals surface area contributed by atoms with Crippen molar-refractivity contribution in [2.75, 3.05) is 26.2 Å². The van der Waals surface area contributed by atoms with Gasteiger partial charge in [-0.25, -0.2) is 4.79 Å². The number of carbonyl (C=O) groups is 1. The van der Waals surface area contributed by atoms with Gasteiger partial charge in [0.25, 0.3) is 0 Å². The summed E-state index contributed by atoms with van der Waals surface area (Å²) in [7, 11) is 0. The van der Waals surface area contributed by atoms with Crippen LogP contribution in [0.1, 0.15) is 45.6 Å². The molecule has 29 heavy (non-hydrogen) atoms. The van der Waals surface area contributed by atoms with Gasteiger partial charge in [-0.15, -0.1) is 0 Å². The van der Waals surface area contributed by atoms with Gasteiger partial charge in [-0.2, -0.15) is 0 Å². The number of halogens is 1. The average molecular weight is 415 g/mol. The summed E-state index contributed by atoms with van der Waals surface area (Å²) in [6.07, 6.45) is 4.49. The number of carbonyl (C=O) groups excluding carboxylic acids is 1. The van der Waals surface area contributed by atoms with Crippen molar-refractivity contribution in [3.63, 3.8) is 0 Å². The molecule has 0 radical (unpaired) electrons. The van der Waals surface area contributed by atoms with E-state index in [1.54, 1.807) is 0 Å². The first-order valence-electron chi connectivity index (χ1n) is 10.7. The number of piperidine rings is 1. The van der Waals surface area contributed by atoms with Crippen LogP contribution in [0, 0.1) is 0 Å². The monoisotopic (exact) mass is 414 g/mol. The van der Waals surface area contributed by atoms with E-state index in [0.717, 1.165) is 35.6 Å². The van der Waals surface area contributed by atoms with Crippen molar-refractivity contribution in [3.05, 3.63) is 59.1 Å². The maximum absolute atomic E-state index is 12.6. The Morgan fingerprint density at radius 3 is 2.38 bits per heavy atom. The van der Waals surface area contributed by atoms with Crippen LogP contribution in [0.15, 0.2) is 48.5 Å². The maximum atomic E-state index is 12.6. The fraction of sp³-hybridized carbons (Fsp3) is 0.480. The van der Waals surface area contributed by atoms with Crippen molar-refractivity contribution in [1.29, 1.82) is 0 Å². The van der Waals surface area contributed by atoms with E-state index in [1.807, 2.05) is 32.9 Å². The Bertz CT molecular complexity index is 820. The SMILES string of the molecule is CC(C)(C)OC(=O)C[N+]1(CCc2cc(Cl)ccc2-c2ccccc2)CCCCC1. The number of benzene rings is 2. The summed E-state index contributed by atoms with van der Waals surface area (Å²) in [5, 5.41) is 0.761. The van der Waals surface area contributed by atoms with Crippen LogP contribution in [-0.4, -0.2) is 42.2 Å². The molecule has 4 heteroatoms. The van der Waals surface area contributed by atoms with Crippen molar-refractivity contribution in [2.45, 2.75) is 52.1 Å².